The van der Waals surface area contributed by atoms with E-state index in [-0.39, 0.29) is 14.8 Å². The molecule has 1 aliphatic heterocycles. The average Bonchev–Trinajstić information content (AvgIpc) is 2.61. The van der Waals surface area contributed by atoms with Crippen molar-refractivity contribution in [3.05, 3.63) is 26.9 Å². The number of aliphatic hydroxyl groups excluding tert-OH is 3. The van der Waals surface area contributed by atoms with Gasteiger partial charge in [-0.2, -0.15) is 0 Å². The molecule has 0 unspecified atom stereocenters. The second-order valence-corrected chi connectivity index (χ2v) is 4.44. The first kappa shape index (κ1) is 11.5. The Morgan fingerprint density at radius 3 is 2.80 bits per heavy atom. The number of hydrogen-bond acceptors (Lipinski definition) is 7. The van der Waals surface area contributed by atoms with Gasteiger partial charge in [0.2, 0.25) is 0 Å². The smallest absolute Gasteiger partial charge is 0.328 e. The third-order valence-electron chi connectivity index (χ3n) is 2.76. The molecule has 0 aromatic carbocycles. The molecule has 5 N–H and O–H groups in total. The Morgan fingerprint density at radius 2 is 2.30 bits per heavy atom. The first-order valence-corrected chi connectivity index (χ1v) is 5.73. The molecule has 1 aromatic rings. The van der Waals surface area contributed by atoms with Gasteiger partial charge in [0.1, 0.15) is 23.4 Å². The minimum absolute atomic E-state index is 0.0696. The molecule has 0 amide bonds. The van der Waals surface area contributed by atoms with Crippen LogP contribution in [0.2, 0.25) is 0 Å². The number of aliphatic hydroxyl groups is 4. The Hall–Kier alpha value is -1.17. The quantitative estimate of drug-likeness (QED) is 0.421. The van der Waals surface area contributed by atoms with Gasteiger partial charge in [-0.25, -0.2) is 9.18 Å². The molecule has 2 rings (SSSR count). The molecular weight excluding hydrogens is 295 g/mol. The van der Waals surface area contributed by atoms with Crippen LogP contribution in [0.1, 0.15) is 15.9 Å². The lowest BCUT2D eigenvalue weighted by Crippen LogP contribution is -2.42. The molecule has 1 aromatic heterocycles. The highest BCUT2D eigenvalue weighted by molar-refractivity contribution is 7.71. The predicted molar refractivity (Wildman–Crippen MR) is 64.9 cm³/mol. The van der Waals surface area contributed by atoms with Crippen molar-refractivity contribution in [2.75, 3.05) is 6.56 Å². The molecule has 1 aliphatic rings. The summed E-state index contributed by atoms with van der Waals surface area (Å²) < 4.78 is 40.9. The van der Waals surface area contributed by atoms with Gasteiger partial charge in [-0.05, 0) is 0 Å². The summed E-state index contributed by atoms with van der Waals surface area (Å²) in [6.45, 7) is -4.44. The number of nitrogens with zero attached hydrogens (tertiary/aromatic N) is 1. The maximum atomic E-state index is 14.5. The molecular formula is C10H13FN2O6S. The molecule has 112 valence electrons. The lowest BCUT2D eigenvalue weighted by Gasteiger charge is -2.20. The second-order valence-electron chi connectivity index (χ2n) is 4.03. The molecule has 2 heterocycles. The Bertz CT molecular complexity index is 739. The van der Waals surface area contributed by atoms with Gasteiger partial charge in [-0.1, -0.05) is 12.2 Å². The van der Waals surface area contributed by atoms with Crippen molar-refractivity contribution in [1.82, 2.24) is 9.55 Å². The lowest BCUT2D eigenvalue weighted by molar-refractivity contribution is -0.207. The number of ether oxygens (including phenoxy) is 1. The summed E-state index contributed by atoms with van der Waals surface area (Å²) in [6.07, 6.45) is -7.34. The van der Waals surface area contributed by atoms with E-state index in [0.29, 0.717) is 0 Å². The van der Waals surface area contributed by atoms with E-state index in [2.05, 4.69) is 9.72 Å². The number of aromatic amines is 1. The van der Waals surface area contributed by atoms with Gasteiger partial charge in [0.05, 0.1) is 10.7 Å². The number of nitrogens with one attached hydrogen (secondary N) is 1. The highest BCUT2D eigenvalue weighted by Crippen LogP contribution is 2.37. The van der Waals surface area contributed by atoms with E-state index in [1.807, 2.05) is 0 Å². The molecule has 8 nitrogen and oxygen atoms in total. The number of hydrogen-bond donors (Lipinski definition) is 5. The van der Waals surface area contributed by atoms with Crippen LogP contribution in [0.5, 0.6) is 0 Å². The summed E-state index contributed by atoms with van der Waals surface area (Å²) in [5, 5.41) is 37.8. The van der Waals surface area contributed by atoms with Crippen molar-refractivity contribution in [2.24, 2.45) is 0 Å². The Balaban J connectivity index is 2.64. The van der Waals surface area contributed by atoms with Crippen molar-refractivity contribution in [2.45, 2.75) is 30.9 Å². The number of H-pyrrole nitrogens is 1. The van der Waals surface area contributed by atoms with Crippen LogP contribution in [0.25, 0.3) is 0 Å². The normalized spacial score (nSPS) is 40.1. The molecule has 0 spiro atoms. The Morgan fingerprint density at radius 1 is 1.65 bits per heavy atom. The fourth-order valence-corrected chi connectivity index (χ4v) is 1.88. The Kier molecular flexibility index (Phi) is 3.05. The maximum absolute atomic E-state index is 14.5. The van der Waals surface area contributed by atoms with Gasteiger partial charge in [0, 0.05) is 11.8 Å². The minimum Gasteiger partial charge on any atom is -0.392 e. The SMILES string of the molecule is [2H]C([2H])(O)[C@@]1(F)O[C@@]([2H])(n2cc(CO)c(=S)[nH]c2=O)[C@H](O)[C@@H]1O. The van der Waals surface area contributed by atoms with Gasteiger partial charge in [-0.15, -0.1) is 0 Å². The predicted octanol–water partition coefficient (Wildman–Crippen LogP) is -1.69. The van der Waals surface area contributed by atoms with Crippen molar-refractivity contribution in [3.8, 4) is 0 Å². The van der Waals surface area contributed by atoms with Crippen LogP contribution in [-0.2, 0) is 11.3 Å². The largest absolute Gasteiger partial charge is 0.392 e. The average molecular weight is 311 g/mol. The fraction of sp³-hybridized carbons (Fsp3) is 0.600. The number of aromatic nitrogens is 2. The van der Waals surface area contributed by atoms with Crippen LogP contribution >= 0.6 is 12.2 Å². The van der Waals surface area contributed by atoms with Crippen LogP contribution in [0.3, 0.4) is 0 Å². The fourth-order valence-electron chi connectivity index (χ4n) is 1.68. The zero-order chi connectivity index (χ0) is 17.8. The molecule has 1 saturated heterocycles. The summed E-state index contributed by atoms with van der Waals surface area (Å²) in [5.41, 5.74) is -1.21. The minimum atomic E-state index is -3.88. The van der Waals surface area contributed by atoms with Crippen LogP contribution in [0.4, 0.5) is 4.39 Å². The van der Waals surface area contributed by atoms with Crippen LogP contribution in [0, 0.1) is 4.64 Å². The van der Waals surface area contributed by atoms with Crippen molar-refractivity contribution in [3.63, 3.8) is 0 Å². The summed E-state index contributed by atoms with van der Waals surface area (Å²) in [5.74, 6) is -3.88. The van der Waals surface area contributed by atoms with Gasteiger partial charge in [-0.3, -0.25) is 9.55 Å². The number of halogens is 1. The first-order valence-electron chi connectivity index (χ1n) is 6.82. The summed E-state index contributed by atoms with van der Waals surface area (Å²) >= 11 is 4.75. The summed E-state index contributed by atoms with van der Waals surface area (Å²) in [6, 6.07) is 0. The highest BCUT2D eigenvalue weighted by Gasteiger charge is 2.55. The topological polar surface area (TPSA) is 128 Å². The summed E-state index contributed by atoms with van der Waals surface area (Å²) in [4.78, 5) is 14.0. The van der Waals surface area contributed by atoms with Crippen LogP contribution in [-0.4, -0.2) is 54.6 Å². The standard InChI is InChI=1S/C10H13FN2O6S/c11-10(3-15)6(17)5(16)8(19-10)13-1-4(2-14)7(20)12-9(13)18/h1,5-6,8,14-17H,2-3H2,(H,12,18,20)/t5-,6+,8-,10-/m1/s1/i3D2,8D. The van der Waals surface area contributed by atoms with Crippen molar-refractivity contribution < 1.29 is 33.7 Å². The van der Waals surface area contributed by atoms with E-state index < -0.39 is 43.1 Å². The number of alkyl halides is 1. The third kappa shape index (κ3) is 2.30. The summed E-state index contributed by atoms with van der Waals surface area (Å²) in [7, 11) is 0. The van der Waals surface area contributed by atoms with E-state index in [0.717, 1.165) is 6.20 Å². The maximum Gasteiger partial charge on any atom is 0.328 e. The molecule has 0 aliphatic carbocycles. The first-order chi connectivity index (χ1) is 10.4. The van der Waals surface area contributed by atoms with Crippen LogP contribution in [0.15, 0.2) is 11.0 Å². The van der Waals surface area contributed by atoms with E-state index in [1.54, 1.807) is 0 Å². The third-order valence-corrected chi connectivity index (χ3v) is 3.13. The van der Waals surface area contributed by atoms with Crippen molar-refractivity contribution >= 4 is 12.2 Å². The van der Waals surface area contributed by atoms with Gasteiger partial charge < -0.3 is 25.2 Å². The lowest BCUT2D eigenvalue weighted by atomic mass is 10.1. The zero-order valence-electron chi connectivity index (χ0n) is 12.8. The van der Waals surface area contributed by atoms with E-state index in [4.69, 9.17) is 21.4 Å². The highest BCUT2D eigenvalue weighted by atomic mass is 32.1. The van der Waals surface area contributed by atoms with E-state index in [9.17, 15) is 24.5 Å². The van der Waals surface area contributed by atoms with Gasteiger partial charge in [0.15, 0.2) is 6.20 Å². The Labute approximate surface area is 120 Å². The molecule has 0 saturated carbocycles. The van der Waals surface area contributed by atoms with E-state index in [1.165, 1.54) is 0 Å². The molecule has 1 fully saturated rings. The van der Waals surface area contributed by atoms with E-state index >= 15 is 0 Å². The second kappa shape index (κ2) is 5.31. The molecule has 4 atom stereocenters. The molecule has 10 heteroatoms. The number of rotatable bonds is 3. The molecule has 0 radical (unpaired) electrons. The zero-order valence-corrected chi connectivity index (χ0v) is 10.6. The van der Waals surface area contributed by atoms with Gasteiger partial charge in [0.25, 0.3) is 5.85 Å². The van der Waals surface area contributed by atoms with Gasteiger partial charge >= 0.3 is 5.69 Å². The molecule has 0 bridgehead atoms. The van der Waals surface area contributed by atoms with Crippen LogP contribution < -0.4 is 5.69 Å². The molecule has 20 heavy (non-hydrogen) atoms. The van der Waals surface area contributed by atoms with Crippen molar-refractivity contribution in [1.29, 1.82) is 0 Å². The monoisotopic (exact) mass is 311 g/mol.